The Morgan fingerprint density at radius 3 is 1.05 bits per heavy atom. The van der Waals surface area contributed by atoms with Crippen LogP contribution in [-0.4, -0.2) is 42.3 Å². The highest BCUT2D eigenvalue weighted by atomic mass is 32.2. The van der Waals surface area contributed by atoms with E-state index in [1.807, 2.05) is 91.0 Å². The topological polar surface area (TPSA) is 108 Å². The Morgan fingerprint density at radius 1 is 0.500 bits per heavy atom. The number of nitrogens with zero attached hydrogens (tertiary/aromatic N) is 6. The minimum Gasteiger partial charge on any atom is -0.281 e. The first-order chi connectivity index (χ1) is 18.5. The van der Waals surface area contributed by atoms with E-state index in [1.54, 1.807) is 18.2 Å². The molecule has 0 unspecified atom stereocenters. The molecule has 0 spiro atoms. The zero-order valence-electron chi connectivity index (χ0n) is 20.0. The third-order valence-electron chi connectivity index (χ3n) is 6.22. The summed E-state index contributed by atoms with van der Waals surface area (Å²) in [6, 6.07) is 33.1. The maximum Gasteiger partial charge on any atom is 0.380 e. The van der Waals surface area contributed by atoms with Crippen LogP contribution < -0.4 is 0 Å². The van der Waals surface area contributed by atoms with Crippen molar-refractivity contribution in [3.63, 3.8) is 0 Å². The van der Waals surface area contributed by atoms with Crippen LogP contribution in [0.1, 0.15) is 0 Å². The fourth-order valence-corrected chi connectivity index (χ4v) is 5.43. The van der Waals surface area contributed by atoms with Crippen molar-refractivity contribution in [2.45, 2.75) is 5.12 Å². The molecule has 6 rings (SSSR count). The van der Waals surface area contributed by atoms with Crippen LogP contribution >= 0.6 is 0 Å². The second kappa shape index (κ2) is 9.25. The molecule has 3 aromatic carbocycles. The Morgan fingerprint density at radius 2 is 0.789 bits per heavy atom. The van der Waals surface area contributed by atoms with Gasteiger partial charge in [0.1, 0.15) is 0 Å². The molecule has 3 aromatic heterocycles. The van der Waals surface area contributed by atoms with Gasteiger partial charge in [-0.2, -0.15) is 23.7 Å². The Kier molecular flexibility index (Phi) is 5.74. The molecule has 0 fully saturated rings. The lowest BCUT2D eigenvalue weighted by atomic mass is 10.2. The van der Waals surface area contributed by atoms with Gasteiger partial charge in [-0.1, -0.05) is 91.0 Å². The lowest BCUT2D eigenvalue weighted by Crippen LogP contribution is -2.55. The maximum absolute atomic E-state index is 13.5. The SMILES string of the molecule is O=S(=O)(O)C(n1ccc(-c2ccccc2)n1)(n1ccc(-c2ccccc2)n1)n1ccc(-c2ccccc2)n1. The first-order valence-corrected chi connectivity index (χ1v) is 13.2. The average molecular weight is 523 g/mol. The van der Waals surface area contributed by atoms with Crippen molar-refractivity contribution in [3.8, 4) is 33.8 Å². The molecule has 188 valence electrons. The van der Waals surface area contributed by atoms with Gasteiger partial charge in [0.25, 0.3) is 0 Å². The maximum atomic E-state index is 13.5. The summed E-state index contributed by atoms with van der Waals surface area (Å²) in [5, 5.41) is 11.4. The summed E-state index contributed by atoms with van der Waals surface area (Å²) in [7, 11) is -4.99. The monoisotopic (exact) mass is 522 g/mol. The molecule has 0 aliphatic carbocycles. The van der Waals surface area contributed by atoms with Gasteiger partial charge in [0.2, 0.25) is 0 Å². The van der Waals surface area contributed by atoms with Gasteiger partial charge in [-0.15, -0.1) is 0 Å². The number of benzene rings is 3. The van der Waals surface area contributed by atoms with E-state index in [-0.39, 0.29) is 0 Å². The molecule has 0 aliphatic heterocycles. The van der Waals surface area contributed by atoms with E-state index in [0.717, 1.165) is 30.7 Å². The van der Waals surface area contributed by atoms with Crippen LogP contribution in [0.2, 0.25) is 0 Å². The summed E-state index contributed by atoms with van der Waals surface area (Å²) in [4.78, 5) is 0. The second-order valence-electron chi connectivity index (χ2n) is 8.58. The summed E-state index contributed by atoms with van der Waals surface area (Å²) in [5.41, 5.74) is 3.91. The van der Waals surface area contributed by atoms with E-state index < -0.39 is 15.2 Å². The third-order valence-corrected chi connectivity index (χ3v) is 7.47. The first kappa shape index (κ1) is 23.6. The van der Waals surface area contributed by atoms with Gasteiger partial charge in [0, 0.05) is 35.3 Å². The Bertz CT molecular complexity index is 1610. The predicted octanol–water partition coefficient (Wildman–Crippen LogP) is 4.83. The lowest BCUT2D eigenvalue weighted by Gasteiger charge is -2.31. The Labute approximate surface area is 219 Å². The summed E-state index contributed by atoms with van der Waals surface area (Å²) in [5.74, 6) is 0. The van der Waals surface area contributed by atoms with Gasteiger partial charge < -0.3 is 0 Å². The second-order valence-corrected chi connectivity index (χ2v) is 10.1. The van der Waals surface area contributed by atoms with Crippen molar-refractivity contribution < 1.29 is 13.0 Å². The standard InChI is InChI=1S/C28H22N6O3S/c35-38(36,37)28(32-19-16-25(29-32)22-10-4-1-5-11-22,33-20-17-26(30-33)23-12-6-2-7-13-23)34-21-18-27(31-34)24-14-8-3-9-15-24/h1-21H,(H,35,36,37). The van der Waals surface area contributed by atoms with E-state index in [2.05, 4.69) is 15.3 Å². The molecule has 10 heteroatoms. The molecule has 9 nitrogen and oxygen atoms in total. The predicted molar refractivity (Wildman–Crippen MR) is 143 cm³/mol. The van der Waals surface area contributed by atoms with Crippen molar-refractivity contribution in [1.29, 1.82) is 0 Å². The fourth-order valence-electron chi connectivity index (χ4n) is 4.42. The molecular formula is C28H22N6O3S. The summed E-state index contributed by atoms with van der Waals surface area (Å²) >= 11 is 0. The zero-order chi connectivity index (χ0) is 26.2. The fraction of sp³-hybridized carbons (Fsp3) is 0.0357. The van der Waals surface area contributed by atoms with Crippen LogP contribution in [0.5, 0.6) is 0 Å². The molecule has 0 saturated carbocycles. The Hall–Kier alpha value is -4.80. The third kappa shape index (κ3) is 3.92. The normalized spacial score (nSPS) is 12.0. The van der Waals surface area contributed by atoms with E-state index >= 15 is 0 Å². The van der Waals surface area contributed by atoms with Crippen LogP contribution in [0.15, 0.2) is 128 Å². The van der Waals surface area contributed by atoms with E-state index in [4.69, 9.17) is 0 Å². The smallest absolute Gasteiger partial charge is 0.281 e. The van der Waals surface area contributed by atoms with Gasteiger partial charge in [0.05, 0.1) is 17.1 Å². The van der Waals surface area contributed by atoms with Crippen molar-refractivity contribution in [3.05, 3.63) is 128 Å². The molecule has 0 atom stereocenters. The van der Waals surface area contributed by atoms with E-state index in [9.17, 15) is 13.0 Å². The van der Waals surface area contributed by atoms with E-state index in [1.165, 1.54) is 18.6 Å². The molecule has 3 heterocycles. The zero-order valence-corrected chi connectivity index (χ0v) is 20.8. The highest BCUT2D eigenvalue weighted by Crippen LogP contribution is 2.31. The molecule has 1 N–H and O–H groups in total. The molecule has 0 amide bonds. The number of rotatable bonds is 7. The van der Waals surface area contributed by atoms with Gasteiger partial charge in [-0.05, 0) is 18.2 Å². The summed E-state index contributed by atoms with van der Waals surface area (Å²) in [6.45, 7) is 0. The number of hydrogen-bond acceptors (Lipinski definition) is 5. The lowest BCUT2D eigenvalue weighted by molar-refractivity contribution is 0.200. The summed E-state index contributed by atoms with van der Waals surface area (Å²) < 4.78 is 41.3. The molecular weight excluding hydrogens is 500 g/mol. The van der Waals surface area contributed by atoms with Gasteiger partial charge in [-0.3, -0.25) is 4.55 Å². The van der Waals surface area contributed by atoms with Crippen LogP contribution in [0, 0.1) is 0 Å². The highest BCUT2D eigenvalue weighted by molar-refractivity contribution is 7.86. The average Bonchev–Trinajstić information content (AvgIpc) is 3.72. The number of hydrogen-bond donors (Lipinski definition) is 1. The van der Waals surface area contributed by atoms with Gasteiger partial charge >= 0.3 is 15.2 Å². The number of aromatic nitrogens is 6. The highest BCUT2D eigenvalue weighted by Gasteiger charge is 2.52. The van der Waals surface area contributed by atoms with E-state index in [0.29, 0.717) is 17.1 Å². The van der Waals surface area contributed by atoms with Crippen molar-refractivity contribution in [2.24, 2.45) is 0 Å². The molecule has 0 radical (unpaired) electrons. The van der Waals surface area contributed by atoms with Crippen molar-refractivity contribution in [1.82, 2.24) is 29.3 Å². The van der Waals surface area contributed by atoms with Gasteiger partial charge in [-0.25, -0.2) is 14.0 Å². The van der Waals surface area contributed by atoms with Crippen molar-refractivity contribution in [2.75, 3.05) is 0 Å². The van der Waals surface area contributed by atoms with Gasteiger partial charge in [0.15, 0.2) is 0 Å². The molecule has 38 heavy (non-hydrogen) atoms. The molecule has 0 aliphatic rings. The minimum absolute atomic E-state index is 0.518. The molecule has 6 aromatic rings. The molecule has 0 bridgehead atoms. The Balaban J connectivity index is 1.60. The van der Waals surface area contributed by atoms with Crippen LogP contribution in [0.3, 0.4) is 0 Å². The minimum atomic E-state index is -4.99. The summed E-state index contributed by atoms with van der Waals surface area (Å²) in [6.07, 6.45) is 4.47. The quantitative estimate of drug-likeness (QED) is 0.301. The van der Waals surface area contributed by atoms with Crippen molar-refractivity contribution >= 4 is 10.1 Å². The molecule has 0 saturated heterocycles. The van der Waals surface area contributed by atoms with Crippen LogP contribution in [-0.2, 0) is 15.2 Å². The first-order valence-electron chi connectivity index (χ1n) is 11.8. The van der Waals surface area contributed by atoms with Crippen LogP contribution in [0.4, 0.5) is 0 Å². The largest absolute Gasteiger partial charge is 0.380 e. The van der Waals surface area contributed by atoms with Crippen LogP contribution in [0.25, 0.3) is 33.8 Å².